The molecular formula is C14H18N4O. The number of para-hydroxylation sites is 1. The molecule has 2 aromatic rings. The van der Waals surface area contributed by atoms with Crippen molar-refractivity contribution in [1.82, 2.24) is 19.7 Å². The van der Waals surface area contributed by atoms with Crippen LogP contribution in [0.1, 0.15) is 24.1 Å². The molecule has 3 rings (SSSR count). The van der Waals surface area contributed by atoms with Gasteiger partial charge in [-0.25, -0.2) is 0 Å². The predicted octanol–water partition coefficient (Wildman–Crippen LogP) is 1.75. The van der Waals surface area contributed by atoms with Crippen molar-refractivity contribution in [1.29, 1.82) is 0 Å². The number of fused-ring (bicyclic) bond motifs is 3. The van der Waals surface area contributed by atoms with Crippen molar-refractivity contribution in [3.63, 3.8) is 0 Å². The number of aromatic nitrogens is 3. The van der Waals surface area contributed by atoms with Crippen molar-refractivity contribution in [3.05, 3.63) is 41.5 Å². The summed E-state index contributed by atoms with van der Waals surface area (Å²) >= 11 is 0. The van der Waals surface area contributed by atoms with Crippen LogP contribution in [0.5, 0.6) is 0 Å². The van der Waals surface area contributed by atoms with Gasteiger partial charge in [-0.15, -0.1) is 10.2 Å². The SMILES string of the molecule is CCN(C)Cc1nnc2n1-c1ccccc1COC2. The molecule has 0 amide bonds. The molecule has 0 aliphatic carbocycles. The monoisotopic (exact) mass is 258 g/mol. The van der Waals surface area contributed by atoms with Crippen LogP contribution in [0.3, 0.4) is 0 Å². The van der Waals surface area contributed by atoms with Gasteiger partial charge < -0.3 is 4.74 Å². The fraction of sp³-hybridized carbons (Fsp3) is 0.429. The third-order valence-corrected chi connectivity index (χ3v) is 3.47. The molecule has 0 N–H and O–H groups in total. The second kappa shape index (κ2) is 5.11. The fourth-order valence-electron chi connectivity index (χ4n) is 2.28. The lowest BCUT2D eigenvalue weighted by Crippen LogP contribution is -2.20. The molecule has 2 heterocycles. The van der Waals surface area contributed by atoms with Crippen LogP contribution in [0.25, 0.3) is 5.69 Å². The van der Waals surface area contributed by atoms with Crippen LogP contribution in [0, 0.1) is 0 Å². The van der Waals surface area contributed by atoms with Gasteiger partial charge in [0, 0.05) is 5.56 Å². The number of hydrogen-bond acceptors (Lipinski definition) is 4. The minimum absolute atomic E-state index is 0.511. The van der Waals surface area contributed by atoms with Crippen molar-refractivity contribution in [2.45, 2.75) is 26.7 Å². The highest BCUT2D eigenvalue weighted by atomic mass is 16.5. The predicted molar refractivity (Wildman–Crippen MR) is 71.9 cm³/mol. The van der Waals surface area contributed by atoms with Crippen LogP contribution >= 0.6 is 0 Å². The lowest BCUT2D eigenvalue weighted by atomic mass is 10.2. The Kier molecular flexibility index (Phi) is 3.31. The largest absolute Gasteiger partial charge is 0.369 e. The van der Waals surface area contributed by atoms with E-state index in [1.807, 2.05) is 12.1 Å². The van der Waals surface area contributed by atoms with E-state index in [0.717, 1.165) is 30.4 Å². The van der Waals surface area contributed by atoms with Gasteiger partial charge in [0.15, 0.2) is 11.6 Å². The maximum atomic E-state index is 5.66. The third kappa shape index (κ3) is 2.27. The van der Waals surface area contributed by atoms with Gasteiger partial charge in [0.25, 0.3) is 0 Å². The zero-order valence-electron chi connectivity index (χ0n) is 11.3. The molecule has 1 aromatic carbocycles. The molecule has 0 fully saturated rings. The summed E-state index contributed by atoms with van der Waals surface area (Å²) in [6.07, 6.45) is 0. The minimum Gasteiger partial charge on any atom is -0.369 e. The molecule has 1 aliphatic rings. The lowest BCUT2D eigenvalue weighted by molar-refractivity contribution is 0.105. The molecular weight excluding hydrogens is 240 g/mol. The first-order chi connectivity index (χ1) is 9.29. The Hall–Kier alpha value is -1.72. The highest BCUT2D eigenvalue weighted by Crippen LogP contribution is 2.23. The van der Waals surface area contributed by atoms with Gasteiger partial charge in [-0.1, -0.05) is 25.1 Å². The van der Waals surface area contributed by atoms with Gasteiger partial charge in [-0.05, 0) is 19.7 Å². The first kappa shape index (κ1) is 12.3. The van der Waals surface area contributed by atoms with Crippen molar-refractivity contribution in [3.8, 4) is 5.69 Å². The number of nitrogens with zero attached hydrogens (tertiary/aromatic N) is 4. The van der Waals surface area contributed by atoms with Gasteiger partial charge in [0.1, 0.15) is 6.61 Å². The summed E-state index contributed by atoms with van der Waals surface area (Å²) in [5.74, 6) is 1.85. The topological polar surface area (TPSA) is 43.2 Å². The molecule has 5 nitrogen and oxygen atoms in total. The Morgan fingerprint density at radius 3 is 2.95 bits per heavy atom. The minimum atomic E-state index is 0.511. The van der Waals surface area contributed by atoms with Crippen LogP contribution in [-0.2, 0) is 24.5 Å². The van der Waals surface area contributed by atoms with Crippen molar-refractivity contribution in [2.24, 2.45) is 0 Å². The molecule has 0 bridgehead atoms. The number of hydrogen-bond donors (Lipinski definition) is 0. The van der Waals surface area contributed by atoms with E-state index in [2.05, 4.69) is 45.8 Å². The normalized spacial score (nSPS) is 14.1. The summed E-state index contributed by atoms with van der Waals surface area (Å²) in [4.78, 5) is 2.21. The molecule has 19 heavy (non-hydrogen) atoms. The average molecular weight is 258 g/mol. The Labute approximate surface area is 112 Å². The summed E-state index contributed by atoms with van der Waals surface area (Å²) in [6.45, 7) is 5.05. The number of benzene rings is 1. The first-order valence-corrected chi connectivity index (χ1v) is 6.57. The second-order valence-electron chi connectivity index (χ2n) is 4.82. The van der Waals surface area contributed by atoms with E-state index in [1.54, 1.807) is 0 Å². The van der Waals surface area contributed by atoms with E-state index in [4.69, 9.17) is 4.74 Å². The molecule has 0 saturated heterocycles. The van der Waals surface area contributed by atoms with E-state index in [0.29, 0.717) is 13.2 Å². The van der Waals surface area contributed by atoms with Crippen LogP contribution in [0.4, 0.5) is 0 Å². The van der Waals surface area contributed by atoms with Crippen molar-refractivity contribution < 1.29 is 4.74 Å². The Bertz CT molecular complexity index is 579. The molecule has 0 saturated carbocycles. The standard InChI is InChI=1S/C14H18N4O/c1-3-17(2)8-13-15-16-14-10-19-9-11-6-4-5-7-12(11)18(13)14/h4-7H,3,8-10H2,1-2H3. The highest BCUT2D eigenvalue weighted by molar-refractivity contribution is 5.43. The van der Waals surface area contributed by atoms with Gasteiger partial charge in [0.05, 0.1) is 18.8 Å². The zero-order chi connectivity index (χ0) is 13.2. The third-order valence-electron chi connectivity index (χ3n) is 3.47. The van der Waals surface area contributed by atoms with E-state index in [1.165, 1.54) is 5.56 Å². The van der Waals surface area contributed by atoms with Crippen LogP contribution in [0.2, 0.25) is 0 Å². The van der Waals surface area contributed by atoms with E-state index >= 15 is 0 Å². The van der Waals surface area contributed by atoms with Gasteiger partial charge in [-0.3, -0.25) is 9.47 Å². The Balaban J connectivity index is 2.08. The van der Waals surface area contributed by atoms with Gasteiger partial charge in [-0.2, -0.15) is 0 Å². The molecule has 0 radical (unpaired) electrons. The number of ether oxygens (including phenoxy) is 1. The van der Waals surface area contributed by atoms with Crippen LogP contribution in [-0.4, -0.2) is 33.3 Å². The summed E-state index contributed by atoms with van der Waals surface area (Å²) < 4.78 is 7.79. The Morgan fingerprint density at radius 1 is 1.26 bits per heavy atom. The van der Waals surface area contributed by atoms with E-state index in [9.17, 15) is 0 Å². The summed E-state index contributed by atoms with van der Waals surface area (Å²) in [5, 5.41) is 8.58. The van der Waals surface area contributed by atoms with Gasteiger partial charge in [0.2, 0.25) is 0 Å². The Morgan fingerprint density at radius 2 is 2.11 bits per heavy atom. The lowest BCUT2D eigenvalue weighted by Gasteiger charge is -2.15. The van der Waals surface area contributed by atoms with Crippen molar-refractivity contribution >= 4 is 0 Å². The van der Waals surface area contributed by atoms with E-state index in [-0.39, 0.29) is 0 Å². The number of rotatable bonds is 3. The smallest absolute Gasteiger partial charge is 0.163 e. The zero-order valence-corrected chi connectivity index (χ0v) is 11.3. The molecule has 100 valence electrons. The quantitative estimate of drug-likeness (QED) is 0.841. The van der Waals surface area contributed by atoms with Crippen LogP contribution < -0.4 is 0 Å². The maximum absolute atomic E-state index is 5.66. The van der Waals surface area contributed by atoms with Crippen molar-refractivity contribution in [2.75, 3.05) is 13.6 Å². The fourth-order valence-corrected chi connectivity index (χ4v) is 2.28. The average Bonchev–Trinajstić information content (AvgIpc) is 2.72. The van der Waals surface area contributed by atoms with Gasteiger partial charge >= 0.3 is 0 Å². The van der Waals surface area contributed by atoms with E-state index < -0.39 is 0 Å². The molecule has 1 aliphatic heterocycles. The summed E-state index contributed by atoms with van der Waals surface area (Å²) in [6, 6.07) is 8.28. The van der Waals surface area contributed by atoms with Crippen LogP contribution in [0.15, 0.2) is 24.3 Å². The summed E-state index contributed by atoms with van der Waals surface area (Å²) in [7, 11) is 2.08. The molecule has 0 atom stereocenters. The molecule has 0 unspecified atom stereocenters. The second-order valence-corrected chi connectivity index (χ2v) is 4.82. The molecule has 1 aromatic heterocycles. The highest BCUT2D eigenvalue weighted by Gasteiger charge is 2.20. The molecule has 5 heteroatoms. The molecule has 0 spiro atoms. The first-order valence-electron chi connectivity index (χ1n) is 6.57. The summed E-state index contributed by atoms with van der Waals surface area (Å²) in [5.41, 5.74) is 2.32. The maximum Gasteiger partial charge on any atom is 0.163 e.